The van der Waals surface area contributed by atoms with Gasteiger partial charge in [-0.3, -0.25) is 0 Å². The molecule has 0 aromatic carbocycles. The second kappa shape index (κ2) is 6.45. The van der Waals surface area contributed by atoms with Crippen LogP contribution in [0.4, 0.5) is 11.6 Å². The molecule has 1 aromatic heterocycles. The van der Waals surface area contributed by atoms with Crippen molar-refractivity contribution in [3.8, 4) is 0 Å². The van der Waals surface area contributed by atoms with Crippen LogP contribution in [0.1, 0.15) is 12.8 Å². The molecule has 0 saturated carbocycles. The Bertz CT molecular complexity index is 409. The Hall–Kier alpha value is -0.710. The number of pyridine rings is 1. The van der Waals surface area contributed by atoms with E-state index in [0.29, 0.717) is 27.6 Å². The molecule has 6 heteroatoms. The summed E-state index contributed by atoms with van der Waals surface area (Å²) in [5.74, 6) is 1.81. The van der Waals surface area contributed by atoms with Gasteiger partial charge in [-0.1, -0.05) is 23.2 Å². The first-order chi connectivity index (χ1) is 8.70. The molecule has 1 atom stereocenters. The number of nitrogens with one attached hydrogen (secondary N) is 2. The molecule has 1 unspecified atom stereocenters. The van der Waals surface area contributed by atoms with Crippen molar-refractivity contribution < 1.29 is 4.74 Å². The van der Waals surface area contributed by atoms with Gasteiger partial charge in [0.25, 0.3) is 0 Å². The number of aromatic nitrogens is 1. The minimum atomic E-state index is 0.519. The summed E-state index contributed by atoms with van der Waals surface area (Å²) in [4.78, 5) is 4.35. The summed E-state index contributed by atoms with van der Waals surface area (Å²) in [5.41, 5.74) is 0. The van der Waals surface area contributed by atoms with Crippen LogP contribution < -0.4 is 10.6 Å². The number of ether oxygens (including phenoxy) is 1. The molecule has 100 valence electrons. The maximum atomic E-state index is 6.11. The summed E-state index contributed by atoms with van der Waals surface area (Å²) in [6, 6.07) is 1.70. The quantitative estimate of drug-likeness (QED) is 0.893. The molecule has 2 N–H and O–H groups in total. The zero-order valence-corrected chi connectivity index (χ0v) is 11.8. The molecule has 0 bridgehead atoms. The zero-order chi connectivity index (χ0) is 13.0. The zero-order valence-electron chi connectivity index (χ0n) is 10.3. The summed E-state index contributed by atoms with van der Waals surface area (Å²) >= 11 is 12.1. The Labute approximate surface area is 117 Å². The van der Waals surface area contributed by atoms with Gasteiger partial charge in [0.15, 0.2) is 0 Å². The average molecular weight is 290 g/mol. The molecule has 0 amide bonds. The molecule has 2 heterocycles. The van der Waals surface area contributed by atoms with Gasteiger partial charge in [-0.15, -0.1) is 0 Å². The van der Waals surface area contributed by atoms with Crippen LogP contribution in [0.2, 0.25) is 10.0 Å². The van der Waals surface area contributed by atoms with Gasteiger partial charge in [-0.2, -0.15) is 0 Å². The van der Waals surface area contributed by atoms with Gasteiger partial charge < -0.3 is 15.4 Å². The van der Waals surface area contributed by atoms with Gasteiger partial charge in [0.1, 0.15) is 11.6 Å². The average Bonchev–Trinajstić information content (AvgIpc) is 2.39. The van der Waals surface area contributed by atoms with Crippen molar-refractivity contribution in [2.45, 2.75) is 12.8 Å². The van der Waals surface area contributed by atoms with Crippen LogP contribution >= 0.6 is 23.2 Å². The number of hydrogen-bond acceptors (Lipinski definition) is 4. The highest BCUT2D eigenvalue weighted by Gasteiger charge is 2.15. The highest BCUT2D eigenvalue weighted by atomic mass is 35.5. The lowest BCUT2D eigenvalue weighted by molar-refractivity contribution is 0.0595. The van der Waals surface area contributed by atoms with E-state index >= 15 is 0 Å². The van der Waals surface area contributed by atoms with Crippen LogP contribution in [0.15, 0.2) is 6.07 Å². The van der Waals surface area contributed by atoms with E-state index in [-0.39, 0.29) is 0 Å². The summed E-state index contributed by atoms with van der Waals surface area (Å²) < 4.78 is 5.44. The second-order valence-electron chi connectivity index (χ2n) is 4.36. The minimum Gasteiger partial charge on any atom is -0.381 e. The first-order valence-electron chi connectivity index (χ1n) is 6.06. The largest absolute Gasteiger partial charge is 0.381 e. The predicted octanol–water partition coefficient (Wildman–Crippen LogP) is 3.27. The van der Waals surface area contributed by atoms with E-state index in [0.717, 1.165) is 26.2 Å². The third-order valence-corrected chi connectivity index (χ3v) is 3.56. The van der Waals surface area contributed by atoms with E-state index in [1.165, 1.54) is 6.42 Å². The summed E-state index contributed by atoms with van der Waals surface area (Å²) in [5, 5.41) is 7.26. The van der Waals surface area contributed by atoms with Gasteiger partial charge in [0.2, 0.25) is 0 Å². The fraction of sp³-hybridized carbons (Fsp3) is 0.583. The maximum Gasteiger partial charge on any atom is 0.147 e. The number of hydrogen-bond donors (Lipinski definition) is 2. The molecule has 1 fully saturated rings. The Morgan fingerprint density at radius 3 is 2.83 bits per heavy atom. The molecule has 4 nitrogen and oxygen atoms in total. The molecule has 0 radical (unpaired) electrons. The monoisotopic (exact) mass is 289 g/mol. The highest BCUT2D eigenvalue weighted by Crippen LogP contribution is 2.29. The Morgan fingerprint density at radius 1 is 1.39 bits per heavy atom. The molecule has 1 aliphatic rings. The van der Waals surface area contributed by atoms with E-state index in [4.69, 9.17) is 27.9 Å². The standard InChI is InChI=1S/C12H17Cl2N3O/c1-15-11-9(13)5-10(14)12(17-11)16-6-8-3-2-4-18-7-8/h5,8H,2-4,6-7H2,1H3,(H2,15,16,17). The van der Waals surface area contributed by atoms with Crippen molar-refractivity contribution >= 4 is 34.8 Å². The van der Waals surface area contributed by atoms with Crippen molar-refractivity contribution in [3.63, 3.8) is 0 Å². The fourth-order valence-electron chi connectivity index (χ4n) is 1.98. The first-order valence-corrected chi connectivity index (χ1v) is 6.81. The highest BCUT2D eigenvalue weighted by molar-refractivity contribution is 6.37. The molecule has 0 aliphatic carbocycles. The molecule has 2 rings (SSSR count). The number of nitrogens with zero attached hydrogens (tertiary/aromatic N) is 1. The lowest BCUT2D eigenvalue weighted by atomic mass is 10.0. The molecule has 0 spiro atoms. The van der Waals surface area contributed by atoms with Crippen LogP contribution in [0.5, 0.6) is 0 Å². The van der Waals surface area contributed by atoms with Crippen molar-refractivity contribution in [3.05, 3.63) is 16.1 Å². The molecule has 1 aromatic rings. The maximum absolute atomic E-state index is 6.11. The molecular formula is C12H17Cl2N3O. The summed E-state index contributed by atoms with van der Waals surface area (Å²) in [6.07, 6.45) is 2.30. The van der Waals surface area contributed by atoms with Crippen molar-refractivity contribution in [1.82, 2.24) is 4.98 Å². The normalized spacial score (nSPS) is 19.6. The van der Waals surface area contributed by atoms with Crippen LogP contribution in [-0.4, -0.2) is 31.8 Å². The Morgan fingerprint density at radius 2 is 2.17 bits per heavy atom. The molecule has 1 saturated heterocycles. The van der Waals surface area contributed by atoms with E-state index in [9.17, 15) is 0 Å². The van der Waals surface area contributed by atoms with Crippen LogP contribution in [-0.2, 0) is 4.74 Å². The van der Waals surface area contributed by atoms with Gasteiger partial charge in [-0.05, 0) is 24.8 Å². The minimum absolute atomic E-state index is 0.519. The SMILES string of the molecule is CNc1nc(NCC2CCCOC2)c(Cl)cc1Cl. The van der Waals surface area contributed by atoms with Crippen LogP contribution in [0.3, 0.4) is 0 Å². The van der Waals surface area contributed by atoms with Crippen molar-refractivity contribution in [2.75, 3.05) is 37.4 Å². The van der Waals surface area contributed by atoms with E-state index in [1.807, 2.05) is 0 Å². The number of halogens is 2. The van der Waals surface area contributed by atoms with Gasteiger partial charge in [-0.25, -0.2) is 4.98 Å². The summed E-state index contributed by atoms with van der Waals surface area (Å²) in [6.45, 7) is 2.49. The Kier molecular flexibility index (Phi) is 4.92. The molecule has 1 aliphatic heterocycles. The van der Waals surface area contributed by atoms with Crippen molar-refractivity contribution in [2.24, 2.45) is 5.92 Å². The molecule has 18 heavy (non-hydrogen) atoms. The number of rotatable bonds is 4. The number of anilines is 2. The Balaban J connectivity index is 1.99. The lowest BCUT2D eigenvalue weighted by Crippen LogP contribution is -2.24. The van der Waals surface area contributed by atoms with Gasteiger partial charge >= 0.3 is 0 Å². The second-order valence-corrected chi connectivity index (χ2v) is 5.18. The predicted molar refractivity (Wildman–Crippen MR) is 75.8 cm³/mol. The van der Waals surface area contributed by atoms with Gasteiger partial charge in [0.05, 0.1) is 16.7 Å². The van der Waals surface area contributed by atoms with Crippen LogP contribution in [0.25, 0.3) is 0 Å². The van der Waals surface area contributed by atoms with E-state index in [1.54, 1.807) is 13.1 Å². The third-order valence-electron chi connectivity index (χ3n) is 2.98. The topological polar surface area (TPSA) is 46.2 Å². The van der Waals surface area contributed by atoms with E-state index in [2.05, 4.69) is 15.6 Å². The smallest absolute Gasteiger partial charge is 0.147 e. The van der Waals surface area contributed by atoms with Gasteiger partial charge in [0, 0.05) is 20.2 Å². The third kappa shape index (κ3) is 3.40. The first kappa shape index (κ1) is 13.7. The summed E-state index contributed by atoms with van der Waals surface area (Å²) in [7, 11) is 1.78. The van der Waals surface area contributed by atoms with E-state index < -0.39 is 0 Å². The molecular weight excluding hydrogens is 273 g/mol. The van der Waals surface area contributed by atoms with Crippen LogP contribution in [0, 0.1) is 5.92 Å². The lowest BCUT2D eigenvalue weighted by Gasteiger charge is -2.22. The van der Waals surface area contributed by atoms with Crippen molar-refractivity contribution in [1.29, 1.82) is 0 Å². The fourth-order valence-corrected chi connectivity index (χ4v) is 2.50.